The molecular weight excluding hydrogens is 252 g/mol. The average molecular weight is 278 g/mol. The van der Waals surface area contributed by atoms with Crippen LogP contribution in [0.4, 0.5) is 0 Å². The molecule has 0 radical (unpaired) electrons. The first-order valence-electron chi connectivity index (χ1n) is 7.46. The van der Waals surface area contributed by atoms with E-state index in [9.17, 15) is 5.11 Å². The molecule has 3 unspecified atom stereocenters. The lowest BCUT2D eigenvalue weighted by molar-refractivity contribution is -0.131. The highest BCUT2D eigenvalue weighted by Gasteiger charge is 2.41. The highest BCUT2D eigenvalue weighted by molar-refractivity contribution is 5.29. The number of rotatable bonds is 5. The van der Waals surface area contributed by atoms with Gasteiger partial charge >= 0.3 is 0 Å². The van der Waals surface area contributed by atoms with Gasteiger partial charge in [0.2, 0.25) is 0 Å². The summed E-state index contributed by atoms with van der Waals surface area (Å²) in [6.07, 6.45) is 4.38. The smallest absolute Gasteiger partial charge is 0.119 e. The maximum atomic E-state index is 10.7. The summed E-state index contributed by atoms with van der Waals surface area (Å²) in [7, 11) is 3.39. The molecule has 3 heteroatoms. The fourth-order valence-corrected chi connectivity index (χ4v) is 3.38. The molecule has 1 aromatic rings. The molecule has 1 aliphatic carbocycles. The maximum Gasteiger partial charge on any atom is 0.119 e. The van der Waals surface area contributed by atoms with Gasteiger partial charge in [-0.25, -0.2) is 0 Å². The van der Waals surface area contributed by atoms with Crippen molar-refractivity contribution in [3.8, 4) is 5.75 Å². The van der Waals surface area contributed by atoms with Crippen LogP contribution in [0.25, 0.3) is 0 Å². The number of ether oxygens (including phenoxy) is 2. The molecule has 2 rings (SSSR count). The van der Waals surface area contributed by atoms with E-state index in [4.69, 9.17) is 9.47 Å². The summed E-state index contributed by atoms with van der Waals surface area (Å²) in [5.74, 6) is 1.45. The van der Waals surface area contributed by atoms with Crippen molar-refractivity contribution < 1.29 is 14.6 Å². The molecule has 1 fully saturated rings. The lowest BCUT2D eigenvalue weighted by atomic mass is 9.74. The summed E-state index contributed by atoms with van der Waals surface area (Å²) < 4.78 is 11.0. The van der Waals surface area contributed by atoms with Crippen molar-refractivity contribution in [1.82, 2.24) is 0 Å². The second kappa shape index (κ2) is 6.59. The van der Waals surface area contributed by atoms with E-state index in [1.54, 1.807) is 14.2 Å². The minimum Gasteiger partial charge on any atom is -0.497 e. The van der Waals surface area contributed by atoms with Gasteiger partial charge in [0.1, 0.15) is 5.75 Å². The van der Waals surface area contributed by atoms with E-state index in [0.29, 0.717) is 12.3 Å². The molecule has 20 heavy (non-hydrogen) atoms. The van der Waals surface area contributed by atoms with Crippen molar-refractivity contribution in [2.75, 3.05) is 14.2 Å². The van der Waals surface area contributed by atoms with Gasteiger partial charge in [-0.3, -0.25) is 0 Å². The van der Waals surface area contributed by atoms with Gasteiger partial charge in [0.25, 0.3) is 0 Å². The van der Waals surface area contributed by atoms with Crippen LogP contribution in [-0.2, 0) is 11.2 Å². The third-order valence-electron chi connectivity index (χ3n) is 4.57. The Labute approximate surface area is 121 Å². The van der Waals surface area contributed by atoms with Crippen LogP contribution in [0, 0.1) is 5.92 Å². The van der Waals surface area contributed by atoms with Crippen molar-refractivity contribution in [3.05, 3.63) is 29.8 Å². The van der Waals surface area contributed by atoms with Gasteiger partial charge in [0, 0.05) is 13.5 Å². The molecule has 0 amide bonds. The van der Waals surface area contributed by atoms with E-state index in [1.807, 2.05) is 24.3 Å². The van der Waals surface area contributed by atoms with Crippen LogP contribution in [0.1, 0.15) is 38.2 Å². The molecule has 0 bridgehead atoms. The first-order chi connectivity index (χ1) is 9.59. The van der Waals surface area contributed by atoms with Crippen molar-refractivity contribution >= 4 is 0 Å². The Morgan fingerprint density at radius 1 is 1.40 bits per heavy atom. The molecule has 3 nitrogen and oxygen atoms in total. The summed E-state index contributed by atoms with van der Waals surface area (Å²) in [6.45, 7) is 2.24. The van der Waals surface area contributed by atoms with Crippen molar-refractivity contribution in [2.24, 2.45) is 5.92 Å². The van der Waals surface area contributed by atoms with Crippen LogP contribution in [0.3, 0.4) is 0 Å². The van der Waals surface area contributed by atoms with Crippen LogP contribution in [-0.4, -0.2) is 31.0 Å². The van der Waals surface area contributed by atoms with Gasteiger partial charge in [-0.1, -0.05) is 31.9 Å². The average Bonchev–Trinajstić information content (AvgIpc) is 2.47. The monoisotopic (exact) mass is 278 g/mol. The first-order valence-corrected chi connectivity index (χ1v) is 7.46. The van der Waals surface area contributed by atoms with E-state index >= 15 is 0 Å². The predicted molar refractivity (Wildman–Crippen MR) is 80.1 cm³/mol. The van der Waals surface area contributed by atoms with Crippen molar-refractivity contribution in [2.45, 2.75) is 50.7 Å². The molecule has 0 heterocycles. The van der Waals surface area contributed by atoms with Crippen LogP contribution >= 0.6 is 0 Å². The van der Waals surface area contributed by atoms with E-state index in [2.05, 4.69) is 6.92 Å². The third-order valence-corrected chi connectivity index (χ3v) is 4.57. The first kappa shape index (κ1) is 15.3. The highest BCUT2D eigenvalue weighted by Crippen LogP contribution is 2.38. The van der Waals surface area contributed by atoms with Crippen LogP contribution in [0.5, 0.6) is 5.75 Å². The van der Waals surface area contributed by atoms with Gasteiger partial charge in [-0.2, -0.15) is 0 Å². The predicted octanol–water partition coefficient (Wildman–Crippen LogP) is 3.19. The molecule has 112 valence electrons. The second-order valence-electron chi connectivity index (χ2n) is 6.04. The maximum absolute atomic E-state index is 10.7. The van der Waals surface area contributed by atoms with Crippen molar-refractivity contribution in [1.29, 1.82) is 0 Å². The minimum atomic E-state index is -0.470. The van der Waals surface area contributed by atoms with Crippen LogP contribution in [0.2, 0.25) is 0 Å². The van der Waals surface area contributed by atoms with E-state index in [0.717, 1.165) is 30.6 Å². The second-order valence-corrected chi connectivity index (χ2v) is 6.04. The molecule has 0 spiro atoms. The Morgan fingerprint density at radius 2 is 2.20 bits per heavy atom. The van der Waals surface area contributed by atoms with Gasteiger partial charge in [-0.05, 0) is 36.5 Å². The summed E-state index contributed by atoms with van der Waals surface area (Å²) >= 11 is 0. The summed E-state index contributed by atoms with van der Waals surface area (Å²) in [5.41, 5.74) is 0.701. The van der Waals surface area contributed by atoms with Crippen LogP contribution in [0.15, 0.2) is 24.3 Å². The summed E-state index contributed by atoms with van der Waals surface area (Å²) in [5, 5.41) is 10.7. The topological polar surface area (TPSA) is 38.7 Å². The molecule has 3 atom stereocenters. The van der Waals surface area contributed by atoms with Gasteiger partial charge in [0.05, 0.1) is 18.8 Å². The SMILES string of the molecule is COc1cccc(CC(O)C2(OC)CCCC(C)C2)c1. The molecule has 0 aliphatic heterocycles. The normalized spacial score (nSPS) is 28.1. The largest absolute Gasteiger partial charge is 0.497 e. The number of aliphatic hydroxyl groups excluding tert-OH is 1. The zero-order valence-corrected chi connectivity index (χ0v) is 12.8. The Bertz CT molecular complexity index is 432. The Kier molecular flexibility index (Phi) is 5.06. The van der Waals surface area contributed by atoms with Crippen LogP contribution < -0.4 is 4.74 Å². The lowest BCUT2D eigenvalue weighted by Gasteiger charge is -2.42. The summed E-state index contributed by atoms with van der Waals surface area (Å²) in [6, 6.07) is 7.90. The molecular formula is C17H26O3. The van der Waals surface area contributed by atoms with Gasteiger partial charge in [0.15, 0.2) is 0 Å². The molecule has 0 aromatic heterocycles. The van der Waals surface area contributed by atoms with E-state index in [1.165, 1.54) is 6.42 Å². The molecule has 1 saturated carbocycles. The molecule has 1 N–H and O–H groups in total. The quantitative estimate of drug-likeness (QED) is 0.899. The van der Waals surface area contributed by atoms with E-state index in [-0.39, 0.29) is 5.60 Å². The highest BCUT2D eigenvalue weighted by atomic mass is 16.5. The van der Waals surface area contributed by atoms with E-state index < -0.39 is 6.10 Å². The minimum absolute atomic E-state index is 0.388. The molecule has 0 saturated heterocycles. The number of methoxy groups -OCH3 is 2. The van der Waals surface area contributed by atoms with Gasteiger partial charge < -0.3 is 14.6 Å². The van der Waals surface area contributed by atoms with Gasteiger partial charge in [-0.15, -0.1) is 0 Å². The Balaban J connectivity index is 2.10. The third kappa shape index (κ3) is 3.33. The number of aliphatic hydroxyl groups is 1. The zero-order chi connectivity index (χ0) is 14.6. The standard InChI is InChI=1S/C17H26O3/c1-13-6-5-9-17(12-13,20-3)16(18)11-14-7-4-8-15(10-14)19-2/h4,7-8,10,13,16,18H,5-6,9,11-12H2,1-3H3. The lowest BCUT2D eigenvalue weighted by Crippen LogP contribution is -2.48. The number of hydrogen-bond acceptors (Lipinski definition) is 3. The Morgan fingerprint density at radius 3 is 2.85 bits per heavy atom. The fourth-order valence-electron chi connectivity index (χ4n) is 3.38. The summed E-state index contributed by atoms with van der Waals surface area (Å²) in [4.78, 5) is 0. The number of hydrogen-bond donors (Lipinski definition) is 1. The Hall–Kier alpha value is -1.06. The molecule has 1 aliphatic rings. The van der Waals surface area contributed by atoms with Crippen molar-refractivity contribution in [3.63, 3.8) is 0 Å². The zero-order valence-electron chi connectivity index (χ0n) is 12.8. The number of benzene rings is 1. The fraction of sp³-hybridized carbons (Fsp3) is 0.647. The molecule has 1 aromatic carbocycles.